The second kappa shape index (κ2) is 7.93. The Morgan fingerprint density at radius 1 is 1.18 bits per heavy atom. The molecule has 0 saturated heterocycles. The summed E-state index contributed by atoms with van der Waals surface area (Å²) >= 11 is 3.19. The van der Waals surface area contributed by atoms with Gasteiger partial charge in [-0.05, 0) is 42.5 Å². The van der Waals surface area contributed by atoms with Crippen molar-refractivity contribution in [1.82, 2.24) is 14.8 Å². The van der Waals surface area contributed by atoms with E-state index in [-0.39, 0.29) is 16.9 Å². The number of rotatable bonds is 4. The lowest BCUT2D eigenvalue weighted by Crippen LogP contribution is -2.13. The summed E-state index contributed by atoms with van der Waals surface area (Å²) in [5.41, 5.74) is -0.718. The first-order valence-electron chi connectivity index (χ1n) is 7.74. The van der Waals surface area contributed by atoms with E-state index in [1.54, 1.807) is 0 Å². The highest BCUT2D eigenvalue weighted by atomic mass is 79.9. The Labute approximate surface area is 164 Å². The van der Waals surface area contributed by atoms with Crippen LogP contribution >= 0.6 is 15.9 Å². The van der Waals surface area contributed by atoms with Gasteiger partial charge in [0.05, 0.1) is 16.9 Å². The highest BCUT2D eigenvalue weighted by molar-refractivity contribution is 9.10. The Kier molecular flexibility index (Phi) is 5.59. The number of amides is 1. The van der Waals surface area contributed by atoms with Gasteiger partial charge in [-0.25, -0.2) is 14.1 Å². The Bertz CT molecular complexity index is 1030. The molecule has 144 valence electrons. The van der Waals surface area contributed by atoms with E-state index in [2.05, 4.69) is 31.3 Å². The van der Waals surface area contributed by atoms with Gasteiger partial charge >= 0.3 is 6.18 Å². The standard InChI is InChI=1S/C18H11BrF4N4O/c19-13-3-4-14(20)11(7-13)1-6-17(28)26-15-8-12(18(21,22)23)2-5-16(15)27-10-24-9-25-27/h1-10H,(H,26,28)/b6-1+. The summed E-state index contributed by atoms with van der Waals surface area (Å²) in [5.74, 6) is -1.28. The molecule has 28 heavy (non-hydrogen) atoms. The van der Waals surface area contributed by atoms with Crippen LogP contribution in [-0.2, 0) is 11.0 Å². The SMILES string of the molecule is O=C(/C=C/c1cc(Br)ccc1F)Nc1cc(C(F)(F)F)ccc1-n1cncn1. The van der Waals surface area contributed by atoms with Crippen molar-refractivity contribution >= 4 is 33.6 Å². The van der Waals surface area contributed by atoms with Gasteiger partial charge in [0, 0.05) is 16.1 Å². The zero-order chi connectivity index (χ0) is 20.3. The van der Waals surface area contributed by atoms with Gasteiger partial charge in [-0.3, -0.25) is 4.79 Å². The molecule has 0 aliphatic carbocycles. The molecule has 0 bridgehead atoms. The van der Waals surface area contributed by atoms with Crippen LogP contribution in [0.3, 0.4) is 0 Å². The first-order valence-corrected chi connectivity index (χ1v) is 8.54. The van der Waals surface area contributed by atoms with E-state index in [4.69, 9.17) is 0 Å². The van der Waals surface area contributed by atoms with Crippen LogP contribution in [0.4, 0.5) is 23.2 Å². The molecular weight excluding hydrogens is 444 g/mol. The van der Waals surface area contributed by atoms with Crippen LogP contribution in [0.25, 0.3) is 11.8 Å². The third-order valence-electron chi connectivity index (χ3n) is 3.62. The molecule has 0 atom stereocenters. The molecule has 2 aromatic carbocycles. The van der Waals surface area contributed by atoms with Gasteiger partial charge in [-0.15, -0.1) is 0 Å². The molecule has 0 fully saturated rings. The lowest BCUT2D eigenvalue weighted by Gasteiger charge is -2.13. The smallest absolute Gasteiger partial charge is 0.321 e. The zero-order valence-electron chi connectivity index (χ0n) is 13.9. The third kappa shape index (κ3) is 4.63. The normalized spacial score (nSPS) is 11.8. The van der Waals surface area contributed by atoms with Gasteiger partial charge in [0.2, 0.25) is 5.91 Å². The summed E-state index contributed by atoms with van der Waals surface area (Å²) in [5, 5.41) is 6.23. The summed E-state index contributed by atoms with van der Waals surface area (Å²) < 4.78 is 54.6. The van der Waals surface area contributed by atoms with Crippen LogP contribution in [0.2, 0.25) is 0 Å². The molecule has 3 aromatic rings. The summed E-state index contributed by atoms with van der Waals surface area (Å²) in [6, 6.07) is 7.02. The Morgan fingerprint density at radius 3 is 2.64 bits per heavy atom. The van der Waals surface area contributed by atoms with E-state index in [0.717, 1.165) is 18.2 Å². The molecule has 3 rings (SSSR count). The summed E-state index contributed by atoms with van der Waals surface area (Å²) in [4.78, 5) is 15.9. The fourth-order valence-electron chi connectivity index (χ4n) is 2.33. The van der Waals surface area contributed by atoms with Crippen LogP contribution in [0, 0.1) is 5.82 Å². The van der Waals surface area contributed by atoms with E-state index < -0.39 is 23.5 Å². The number of nitrogens with one attached hydrogen (secondary N) is 1. The zero-order valence-corrected chi connectivity index (χ0v) is 15.5. The number of carbonyl (C=O) groups excluding carboxylic acids is 1. The lowest BCUT2D eigenvalue weighted by atomic mass is 10.1. The monoisotopic (exact) mass is 454 g/mol. The lowest BCUT2D eigenvalue weighted by molar-refractivity contribution is -0.137. The first kappa shape index (κ1) is 19.7. The van der Waals surface area contributed by atoms with Gasteiger partial charge < -0.3 is 5.32 Å². The number of hydrogen-bond acceptors (Lipinski definition) is 3. The molecule has 0 spiro atoms. The maximum Gasteiger partial charge on any atom is 0.416 e. The fourth-order valence-corrected chi connectivity index (χ4v) is 2.71. The molecule has 0 aliphatic rings. The van der Waals surface area contributed by atoms with Gasteiger partial charge in [0.25, 0.3) is 0 Å². The average molecular weight is 455 g/mol. The van der Waals surface area contributed by atoms with Crippen molar-refractivity contribution in [1.29, 1.82) is 0 Å². The molecule has 5 nitrogen and oxygen atoms in total. The van der Waals surface area contributed by atoms with Crippen molar-refractivity contribution in [2.24, 2.45) is 0 Å². The van der Waals surface area contributed by atoms with Crippen LogP contribution < -0.4 is 5.32 Å². The molecule has 1 amide bonds. The first-order chi connectivity index (χ1) is 13.2. The number of hydrogen-bond donors (Lipinski definition) is 1. The van der Waals surface area contributed by atoms with E-state index in [1.165, 1.54) is 47.7 Å². The highest BCUT2D eigenvalue weighted by Gasteiger charge is 2.31. The molecule has 10 heteroatoms. The molecule has 1 heterocycles. The quantitative estimate of drug-likeness (QED) is 0.453. The van der Waals surface area contributed by atoms with Crippen molar-refractivity contribution < 1.29 is 22.4 Å². The van der Waals surface area contributed by atoms with Crippen molar-refractivity contribution in [3.63, 3.8) is 0 Å². The molecule has 0 unspecified atom stereocenters. The number of carbonyl (C=O) groups is 1. The van der Waals surface area contributed by atoms with Gasteiger partial charge in [-0.1, -0.05) is 15.9 Å². The number of anilines is 1. The minimum Gasteiger partial charge on any atom is -0.321 e. The predicted molar refractivity (Wildman–Crippen MR) is 98.1 cm³/mol. The molecular formula is C18H11BrF4N4O. The van der Waals surface area contributed by atoms with Crippen molar-refractivity contribution in [3.05, 3.63) is 76.5 Å². The third-order valence-corrected chi connectivity index (χ3v) is 4.11. The van der Waals surface area contributed by atoms with Crippen LogP contribution in [0.5, 0.6) is 0 Å². The number of alkyl halides is 3. The van der Waals surface area contributed by atoms with Crippen LogP contribution in [0.1, 0.15) is 11.1 Å². The van der Waals surface area contributed by atoms with Gasteiger partial charge in [-0.2, -0.15) is 18.3 Å². The largest absolute Gasteiger partial charge is 0.416 e. The maximum absolute atomic E-state index is 13.7. The van der Waals surface area contributed by atoms with E-state index >= 15 is 0 Å². The second-order valence-corrected chi connectivity index (χ2v) is 6.47. The number of nitrogens with zero attached hydrogens (tertiary/aromatic N) is 3. The minimum atomic E-state index is -4.59. The van der Waals surface area contributed by atoms with E-state index in [9.17, 15) is 22.4 Å². The molecule has 1 aromatic heterocycles. The van der Waals surface area contributed by atoms with Gasteiger partial charge in [0.15, 0.2) is 0 Å². The predicted octanol–water partition coefficient (Wildman–Crippen LogP) is 4.84. The van der Waals surface area contributed by atoms with Crippen molar-refractivity contribution in [3.8, 4) is 5.69 Å². The molecule has 0 saturated carbocycles. The fraction of sp³-hybridized carbons (Fsp3) is 0.0556. The second-order valence-electron chi connectivity index (χ2n) is 5.56. The van der Waals surface area contributed by atoms with Crippen LogP contribution in [-0.4, -0.2) is 20.7 Å². The van der Waals surface area contributed by atoms with E-state index in [1.807, 2.05) is 0 Å². The van der Waals surface area contributed by atoms with E-state index in [0.29, 0.717) is 4.47 Å². The summed E-state index contributed by atoms with van der Waals surface area (Å²) in [6.07, 6.45) is 0.147. The topological polar surface area (TPSA) is 59.8 Å². The minimum absolute atomic E-state index is 0.121. The van der Waals surface area contributed by atoms with Crippen LogP contribution in [0.15, 0.2) is 59.6 Å². The molecule has 0 radical (unpaired) electrons. The van der Waals surface area contributed by atoms with Crippen molar-refractivity contribution in [2.45, 2.75) is 6.18 Å². The summed E-state index contributed by atoms with van der Waals surface area (Å²) in [6.45, 7) is 0. The maximum atomic E-state index is 13.7. The highest BCUT2D eigenvalue weighted by Crippen LogP contribution is 2.33. The number of benzene rings is 2. The van der Waals surface area contributed by atoms with Gasteiger partial charge in [0.1, 0.15) is 18.5 Å². The average Bonchev–Trinajstić information content (AvgIpc) is 3.16. The number of halogens is 5. The number of aromatic nitrogens is 3. The Balaban J connectivity index is 1.90. The van der Waals surface area contributed by atoms with Crippen molar-refractivity contribution in [2.75, 3.05) is 5.32 Å². The Morgan fingerprint density at radius 2 is 1.96 bits per heavy atom. The summed E-state index contributed by atoms with van der Waals surface area (Å²) in [7, 11) is 0. The molecule has 1 N–H and O–H groups in total. The Hall–Kier alpha value is -3.01. The molecule has 0 aliphatic heterocycles.